The fourth-order valence-electron chi connectivity index (χ4n) is 2.99. The number of thioether (sulfide) groups is 1. The first-order chi connectivity index (χ1) is 12.8. The number of ether oxygens (including phenoxy) is 3. The first-order valence-corrected chi connectivity index (χ1v) is 10.4. The van der Waals surface area contributed by atoms with Gasteiger partial charge in [0.2, 0.25) is 5.91 Å². The number of carbonyl (C=O) groups is 3. The SMILES string of the molecule is CC(=O)NC1[C@@H](OC(C)=O)[C@@H](C)C(COC(C)=O)O[C@H]1SCCCCCN. The summed E-state index contributed by atoms with van der Waals surface area (Å²) in [5.74, 6) is -0.478. The predicted octanol–water partition coefficient (Wildman–Crippen LogP) is 1.21. The van der Waals surface area contributed by atoms with E-state index < -0.39 is 35.6 Å². The van der Waals surface area contributed by atoms with Crippen molar-refractivity contribution < 1.29 is 28.6 Å². The van der Waals surface area contributed by atoms with Gasteiger partial charge in [-0.1, -0.05) is 13.3 Å². The van der Waals surface area contributed by atoms with Gasteiger partial charge in [0, 0.05) is 26.7 Å². The van der Waals surface area contributed by atoms with Crippen molar-refractivity contribution in [3.8, 4) is 0 Å². The van der Waals surface area contributed by atoms with Gasteiger partial charge in [0.15, 0.2) is 0 Å². The van der Waals surface area contributed by atoms with Crippen LogP contribution >= 0.6 is 11.8 Å². The van der Waals surface area contributed by atoms with Gasteiger partial charge in [0.25, 0.3) is 0 Å². The highest BCUT2D eigenvalue weighted by Crippen LogP contribution is 2.34. The van der Waals surface area contributed by atoms with Crippen molar-refractivity contribution in [2.45, 2.75) is 70.6 Å². The molecule has 0 radical (unpaired) electrons. The molecule has 1 aliphatic heterocycles. The average molecular weight is 405 g/mol. The van der Waals surface area contributed by atoms with Crippen molar-refractivity contribution in [1.29, 1.82) is 0 Å². The molecule has 0 aromatic heterocycles. The van der Waals surface area contributed by atoms with Gasteiger partial charge in [-0.3, -0.25) is 14.4 Å². The highest BCUT2D eigenvalue weighted by atomic mass is 32.2. The van der Waals surface area contributed by atoms with E-state index in [1.807, 2.05) is 6.92 Å². The maximum Gasteiger partial charge on any atom is 0.302 e. The van der Waals surface area contributed by atoms with E-state index in [4.69, 9.17) is 19.9 Å². The second kappa shape index (κ2) is 12.2. The first-order valence-electron chi connectivity index (χ1n) is 9.31. The lowest BCUT2D eigenvalue weighted by atomic mass is 9.89. The molecule has 2 unspecified atom stereocenters. The summed E-state index contributed by atoms with van der Waals surface area (Å²) < 4.78 is 16.8. The number of esters is 2. The molecule has 3 N–H and O–H groups in total. The van der Waals surface area contributed by atoms with Crippen LogP contribution in [0.3, 0.4) is 0 Å². The number of rotatable bonds is 10. The van der Waals surface area contributed by atoms with Gasteiger partial charge in [-0.25, -0.2) is 0 Å². The second-order valence-corrected chi connectivity index (χ2v) is 7.93. The summed E-state index contributed by atoms with van der Waals surface area (Å²) in [6.07, 6.45) is 1.95. The molecule has 8 nitrogen and oxygen atoms in total. The molecular formula is C18H32N2O6S. The molecule has 5 atom stereocenters. The molecule has 9 heteroatoms. The molecule has 0 aromatic rings. The van der Waals surface area contributed by atoms with Gasteiger partial charge in [0.1, 0.15) is 24.2 Å². The minimum Gasteiger partial charge on any atom is -0.463 e. The summed E-state index contributed by atoms with van der Waals surface area (Å²) in [5.41, 5.74) is 5.11. The fourth-order valence-corrected chi connectivity index (χ4v) is 4.24. The van der Waals surface area contributed by atoms with Crippen LogP contribution in [0.4, 0.5) is 0 Å². The lowest BCUT2D eigenvalue weighted by molar-refractivity contribution is -0.180. The van der Waals surface area contributed by atoms with E-state index in [1.54, 1.807) is 11.8 Å². The minimum atomic E-state index is -0.567. The molecular weight excluding hydrogens is 372 g/mol. The van der Waals surface area contributed by atoms with Crippen LogP contribution in [0.1, 0.15) is 47.0 Å². The van der Waals surface area contributed by atoms with E-state index in [1.165, 1.54) is 20.8 Å². The van der Waals surface area contributed by atoms with Gasteiger partial charge in [0.05, 0.1) is 6.10 Å². The van der Waals surface area contributed by atoms with Crippen LogP contribution in [0.2, 0.25) is 0 Å². The van der Waals surface area contributed by atoms with Crippen molar-refractivity contribution in [3.63, 3.8) is 0 Å². The number of hydrogen-bond acceptors (Lipinski definition) is 8. The lowest BCUT2D eigenvalue weighted by Gasteiger charge is -2.44. The molecule has 27 heavy (non-hydrogen) atoms. The van der Waals surface area contributed by atoms with Crippen molar-refractivity contribution in [2.24, 2.45) is 11.7 Å². The Balaban J connectivity index is 2.90. The van der Waals surface area contributed by atoms with Gasteiger partial charge >= 0.3 is 11.9 Å². The molecule has 0 aromatic carbocycles. The van der Waals surface area contributed by atoms with Crippen molar-refractivity contribution in [3.05, 3.63) is 0 Å². The zero-order valence-electron chi connectivity index (χ0n) is 16.6. The Labute approximate surface area is 165 Å². The van der Waals surface area contributed by atoms with Crippen molar-refractivity contribution in [1.82, 2.24) is 5.32 Å². The van der Waals surface area contributed by atoms with E-state index >= 15 is 0 Å². The highest BCUT2D eigenvalue weighted by molar-refractivity contribution is 7.99. The fraction of sp³-hybridized carbons (Fsp3) is 0.833. The molecule has 1 amide bonds. The summed E-state index contributed by atoms with van der Waals surface area (Å²) in [6, 6.07) is -0.477. The second-order valence-electron chi connectivity index (χ2n) is 6.73. The zero-order chi connectivity index (χ0) is 20.4. The summed E-state index contributed by atoms with van der Waals surface area (Å²) >= 11 is 1.56. The van der Waals surface area contributed by atoms with Gasteiger partial charge in [-0.2, -0.15) is 0 Å². The Morgan fingerprint density at radius 3 is 2.37 bits per heavy atom. The molecule has 1 fully saturated rings. The van der Waals surface area contributed by atoms with Crippen LogP contribution in [-0.4, -0.2) is 60.4 Å². The van der Waals surface area contributed by atoms with Crippen LogP contribution in [0, 0.1) is 5.92 Å². The standard InChI is InChI=1S/C18H32N2O6S/c1-11-15(10-24-13(3)22)26-18(27-9-7-5-6-8-19)16(20-12(2)21)17(11)25-14(4)23/h11,15-18H,5-10,19H2,1-4H3,(H,20,21)/t11-,15?,16?,17-,18-/m0/s1. The molecule has 1 saturated heterocycles. The number of nitrogens with two attached hydrogens (primary N) is 1. The number of carbonyl (C=O) groups excluding carboxylic acids is 3. The topological polar surface area (TPSA) is 117 Å². The van der Waals surface area contributed by atoms with E-state index in [-0.39, 0.29) is 18.4 Å². The van der Waals surface area contributed by atoms with E-state index in [2.05, 4.69) is 5.32 Å². The summed E-state index contributed by atoms with van der Waals surface area (Å²) in [5, 5.41) is 2.87. The first kappa shape index (κ1) is 23.7. The van der Waals surface area contributed by atoms with E-state index in [9.17, 15) is 14.4 Å². The summed E-state index contributed by atoms with van der Waals surface area (Å²) in [6.45, 7) is 6.69. The van der Waals surface area contributed by atoms with Crippen LogP contribution in [0.5, 0.6) is 0 Å². The predicted molar refractivity (Wildman–Crippen MR) is 103 cm³/mol. The normalized spacial score (nSPS) is 27.7. The number of unbranched alkanes of at least 4 members (excludes halogenated alkanes) is 2. The Hall–Kier alpha value is -1.32. The zero-order valence-corrected chi connectivity index (χ0v) is 17.4. The maximum absolute atomic E-state index is 11.7. The van der Waals surface area contributed by atoms with E-state index in [0.717, 1.165) is 25.0 Å². The number of hydrogen-bond donors (Lipinski definition) is 2. The third kappa shape index (κ3) is 8.49. The van der Waals surface area contributed by atoms with E-state index in [0.29, 0.717) is 6.54 Å². The van der Waals surface area contributed by atoms with Crippen LogP contribution in [0.15, 0.2) is 0 Å². The Kier molecular flexibility index (Phi) is 10.7. The summed E-state index contributed by atoms with van der Waals surface area (Å²) in [4.78, 5) is 34.5. The largest absolute Gasteiger partial charge is 0.463 e. The Morgan fingerprint density at radius 2 is 1.81 bits per heavy atom. The van der Waals surface area contributed by atoms with Crippen LogP contribution in [0.25, 0.3) is 0 Å². The molecule has 0 saturated carbocycles. The van der Waals surface area contributed by atoms with Gasteiger partial charge in [-0.05, 0) is 25.1 Å². The molecule has 0 aliphatic carbocycles. The molecule has 0 bridgehead atoms. The minimum absolute atomic E-state index is 0.0747. The van der Waals surface area contributed by atoms with Crippen molar-refractivity contribution in [2.75, 3.05) is 18.9 Å². The smallest absolute Gasteiger partial charge is 0.302 e. The average Bonchev–Trinajstić information content (AvgIpc) is 2.57. The number of nitrogens with one attached hydrogen (secondary N) is 1. The maximum atomic E-state index is 11.7. The molecule has 0 spiro atoms. The Morgan fingerprint density at radius 1 is 1.11 bits per heavy atom. The van der Waals surface area contributed by atoms with Gasteiger partial charge < -0.3 is 25.3 Å². The summed E-state index contributed by atoms with van der Waals surface area (Å²) in [7, 11) is 0. The van der Waals surface area contributed by atoms with Crippen molar-refractivity contribution >= 4 is 29.6 Å². The monoisotopic (exact) mass is 404 g/mol. The quantitative estimate of drug-likeness (QED) is 0.412. The third-order valence-electron chi connectivity index (χ3n) is 4.31. The third-order valence-corrected chi connectivity index (χ3v) is 5.57. The molecule has 156 valence electrons. The number of amides is 1. The van der Waals surface area contributed by atoms with Crippen LogP contribution < -0.4 is 11.1 Å². The molecule has 1 aliphatic rings. The molecule has 1 rings (SSSR count). The molecule has 1 heterocycles. The van der Waals surface area contributed by atoms with Crippen LogP contribution in [-0.2, 0) is 28.6 Å². The lowest BCUT2D eigenvalue weighted by Crippen LogP contribution is -2.61. The van der Waals surface area contributed by atoms with Gasteiger partial charge in [-0.15, -0.1) is 11.8 Å². The highest BCUT2D eigenvalue weighted by Gasteiger charge is 2.46. The Bertz CT molecular complexity index is 504.